The highest BCUT2D eigenvalue weighted by Crippen LogP contribution is 2.20. The molecule has 6 nitrogen and oxygen atoms in total. The average molecular weight is 377 g/mol. The molecular formula is C19H21F2N3O3. The lowest BCUT2D eigenvalue weighted by Gasteiger charge is -2.28. The van der Waals surface area contributed by atoms with Crippen LogP contribution < -0.4 is 20.3 Å². The van der Waals surface area contributed by atoms with Gasteiger partial charge in [-0.2, -0.15) is 8.78 Å². The van der Waals surface area contributed by atoms with Crippen LogP contribution >= 0.6 is 0 Å². The number of alkyl halides is 2. The van der Waals surface area contributed by atoms with Gasteiger partial charge in [0.2, 0.25) is 5.91 Å². The molecule has 1 amide bonds. The van der Waals surface area contributed by atoms with Crippen LogP contribution in [0.4, 0.5) is 25.8 Å². The van der Waals surface area contributed by atoms with Crippen molar-refractivity contribution < 1.29 is 23.0 Å². The van der Waals surface area contributed by atoms with Crippen LogP contribution in [0.1, 0.15) is 0 Å². The molecule has 144 valence electrons. The van der Waals surface area contributed by atoms with Gasteiger partial charge < -0.3 is 25.0 Å². The standard InChI is InChI=1S/C19H21F2N3O3/c20-19(21)27-17-7-3-14(4-8-17)22-13-18(25)23-15-1-5-16(6-2-15)24-9-11-26-12-10-24/h1-8,19,22H,9-13H2,(H,23,25). The van der Waals surface area contributed by atoms with E-state index >= 15 is 0 Å². The van der Waals surface area contributed by atoms with Gasteiger partial charge in [-0.15, -0.1) is 0 Å². The van der Waals surface area contributed by atoms with Gasteiger partial charge in [-0.25, -0.2) is 0 Å². The summed E-state index contributed by atoms with van der Waals surface area (Å²) in [6.45, 7) is 0.358. The fraction of sp³-hybridized carbons (Fsp3) is 0.316. The zero-order valence-corrected chi connectivity index (χ0v) is 14.7. The van der Waals surface area contributed by atoms with Crippen molar-refractivity contribution in [3.05, 3.63) is 48.5 Å². The van der Waals surface area contributed by atoms with Crippen LogP contribution in [0, 0.1) is 0 Å². The van der Waals surface area contributed by atoms with Gasteiger partial charge in [0.15, 0.2) is 0 Å². The topological polar surface area (TPSA) is 62.8 Å². The molecule has 0 unspecified atom stereocenters. The number of nitrogens with zero attached hydrogens (tertiary/aromatic N) is 1. The minimum atomic E-state index is -2.86. The second-order valence-corrected chi connectivity index (χ2v) is 5.95. The van der Waals surface area contributed by atoms with E-state index < -0.39 is 6.61 Å². The molecule has 1 fully saturated rings. The molecule has 0 spiro atoms. The quantitative estimate of drug-likeness (QED) is 0.776. The van der Waals surface area contributed by atoms with Crippen LogP contribution in [0.3, 0.4) is 0 Å². The molecule has 2 N–H and O–H groups in total. The van der Waals surface area contributed by atoms with E-state index in [0.717, 1.165) is 32.0 Å². The van der Waals surface area contributed by atoms with Crippen molar-refractivity contribution in [2.24, 2.45) is 0 Å². The molecule has 0 saturated carbocycles. The first-order valence-electron chi connectivity index (χ1n) is 8.61. The fourth-order valence-corrected chi connectivity index (χ4v) is 2.72. The molecule has 1 saturated heterocycles. The molecule has 1 aliphatic rings. The Hall–Kier alpha value is -2.87. The largest absolute Gasteiger partial charge is 0.435 e. The van der Waals surface area contributed by atoms with Crippen LogP contribution in [-0.2, 0) is 9.53 Å². The summed E-state index contributed by atoms with van der Waals surface area (Å²) in [5.74, 6) is -0.137. The molecule has 1 heterocycles. The minimum Gasteiger partial charge on any atom is -0.435 e. The van der Waals surface area contributed by atoms with Gasteiger partial charge >= 0.3 is 6.61 Å². The van der Waals surface area contributed by atoms with Crippen molar-refractivity contribution in [3.63, 3.8) is 0 Å². The van der Waals surface area contributed by atoms with Crippen molar-refractivity contribution >= 4 is 23.0 Å². The Morgan fingerprint density at radius 2 is 1.67 bits per heavy atom. The number of carbonyl (C=O) groups is 1. The summed E-state index contributed by atoms with van der Waals surface area (Å²) >= 11 is 0. The number of carbonyl (C=O) groups excluding carboxylic acids is 1. The molecule has 0 aromatic heterocycles. The molecule has 0 bridgehead atoms. The Balaban J connectivity index is 1.46. The van der Waals surface area contributed by atoms with Crippen molar-refractivity contribution in [2.45, 2.75) is 6.61 Å². The molecule has 2 aromatic carbocycles. The van der Waals surface area contributed by atoms with Crippen molar-refractivity contribution in [2.75, 3.05) is 48.4 Å². The molecule has 27 heavy (non-hydrogen) atoms. The average Bonchev–Trinajstić information content (AvgIpc) is 2.68. The predicted octanol–water partition coefficient (Wildman–Crippen LogP) is 3.18. The van der Waals surface area contributed by atoms with Gasteiger partial charge in [-0.05, 0) is 48.5 Å². The van der Waals surface area contributed by atoms with Gasteiger partial charge in [0, 0.05) is 30.2 Å². The molecule has 2 aromatic rings. The summed E-state index contributed by atoms with van der Waals surface area (Å²) in [6.07, 6.45) is 0. The van der Waals surface area contributed by atoms with Crippen LogP contribution in [0.25, 0.3) is 0 Å². The normalized spacial score (nSPS) is 14.1. The van der Waals surface area contributed by atoms with E-state index in [9.17, 15) is 13.6 Å². The second kappa shape index (κ2) is 9.18. The number of morpholine rings is 1. The molecule has 0 radical (unpaired) electrons. The first-order chi connectivity index (χ1) is 13.1. The molecule has 8 heteroatoms. The lowest BCUT2D eigenvalue weighted by Crippen LogP contribution is -2.36. The maximum atomic E-state index is 12.1. The molecular weight excluding hydrogens is 356 g/mol. The summed E-state index contributed by atoms with van der Waals surface area (Å²) in [4.78, 5) is 14.3. The number of hydrogen-bond donors (Lipinski definition) is 2. The SMILES string of the molecule is O=C(CNc1ccc(OC(F)F)cc1)Nc1ccc(N2CCOCC2)cc1. The minimum absolute atomic E-state index is 0.0558. The number of benzene rings is 2. The van der Waals surface area contributed by atoms with E-state index in [1.807, 2.05) is 24.3 Å². The summed E-state index contributed by atoms with van der Waals surface area (Å²) in [5.41, 5.74) is 2.44. The fourth-order valence-electron chi connectivity index (χ4n) is 2.72. The maximum absolute atomic E-state index is 12.1. The van der Waals surface area contributed by atoms with E-state index in [1.54, 1.807) is 12.1 Å². The number of rotatable bonds is 7. The summed E-state index contributed by atoms with van der Waals surface area (Å²) in [5, 5.41) is 5.74. The Bertz CT molecular complexity index is 733. The van der Waals surface area contributed by atoms with Crippen molar-refractivity contribution in [3.8, 4) is 5.75 Å². The van der Waals surface area contributed by atoms with Gasteiger partial charge in [0.05, 0.1) is 19.8 Å². The Kier molecular flexibility index (Phi) is 6.43. The van der Waals surface area contributed by atoms with Crippen molar-refractivity contribution in [1.82, 2.24) is 0 Å². The summed E-state index contributed by atoms with van der Waals surface area (Å²) < 4.78 is 33.8. The molecule has 0 atom stereocenters. The van der Waals surface area contributed by atoms with Gasteiger partial charge in [-0.3, -0.25) is 4.79 Å². The number of anilines is 3. The highest BCUT2D eigenvalue weighted by molar-refractivity contribution is 5.93. The van der Waals surface area contributed by atoms with Crippen LogP contribution in [0.15, 0.2) is 48.5 Å². The number of amides is 1. The predicted molar refractivity (Wildman–Crippen MR) is 99.7 cm³/mol. The lowest BCUT2D eigenvalue weighted by atomic mass is 10.2. The van der Waals surface area contributed by atoms with Gasteiger partial charge in [0.25, 0.3) is 0 Å². The Labute approximate surface area is 156 Å². The third kappa shape index (κ3) is 5.82. The third-order valence-electron chi connectivity index (χ3n) is 4.06. The number of ether oxygens (including phenoxy) is 2. The molecule has 1 aliphatic heterocycles. The lowest BCUT2D eigenvalue weighted by molar-refractivity contribution is -0.114. The van der Waals surface area contributed by atoms with Gasteiger partial charge in [0.1, 0.15) is 5.75 Å². The van der Waals surface area contributed by atoms with E-state index in [4.69, 9.17) is 4.74 Å². The van der Waals surface area contributed by atoms with Crippen molar-refractivity contribution in [1.29, 1.82) is 0 Å². The summed E-state index contributed by atoms with van der Waals surface area (Å²) in [6, 6.07) is 13.6. The number of hydrogen-bond acceptors (Lipinski definition) is 5. The Morgan fingerprint density at radius 1 is 1.04 bits per heavy atom. The smallest absolute Gasteiger partial charge is 0.387 e. The number of nitrogens with one attached hydrogen (secondary N) is 2. The van der Waals surface area contributed by atoms with E-state index in [2.05, 4.69) is 20.3 Å². The zero-order chi connectivity index (χ0) is 19.1. The number of halogens is 2. The third-order valence-corrected chi connectivity index (χ3v) is 4.06. The first-order valence-corrected chi connectivity index (χ1v) is 8.61. The highest BCUT2D eigenvalue weighted by Gasteiger charge is 2.11. The highest BCUT2D eigenvalue weighted by atomic mass is 19.3. The second-order valence-electron chi connectivity index (χ2n) is 5.95. The van der Waals surface area contributed by atoms with Gasteiger partial charge in [-0.1, -0.05) is 0 Å². The maximum Gasteiger partial charge on any atom is 0.387 e. The van der Waals surface area contributed by atoms with E-state index in [1.165, 1.54) is 12.1 Å². The Morgan fingerprint density at radius 3 is 2.30 bits per heavy atom. The van der Waals surface area contributed by atoms with Crippen LogP contribution in [-0.4, -0.2) is 45.4 Å². The van der Waals surface area contributed by atoms with Crippen LogP contribution in [0.5, 0.6) is 5.75 Å². The molecule has 3 rings (SSSR count). The zero-order valence-electron chi connectivity index (χ0n) is 14.7. The van der Waals surface area contributed by atoms with E-state index in [0.29, 0.717) is 11.4 Å². The van der Waals surface area contributed by atoms with E-state index in [-0.39, 0.29) is 18.2 Å². The molecule has 0 aliphatic carbocycles. The summed E-state index contributed by atoms with van der Waals surface area (Å²) in [7, 11) is 0. The first kappa shape index (κ1) is 18.9. The van der Waals surface area contributed by atoms with Crippen LogP contribution in [0.2, 0.25) is 0 Å². The monoisotopic (exact) mass is 377 g/mol.